The van der Waals surface area contributed by atoms with Crippen molar-refractivity contribution in [1.82, 2.24) is 5.01 Å². The highest BCUT2D eigenvalue weighted by Gasteiger charge is 2.01. The number of nitrogens with two attached hydrogens (primary N) is 1. The largest absolute Gasteiger partial charge is 0.295 e. The number of hydrazone groups is 1. The minimum atomic E-state index is 0.667. The molecule has 3 nitrogen and oxygen atoms in total. The summed E-state index contributed by atoms with van der Waals surface area (Å²) in [6.45, 7) is 0. The van der Waals surface area contributed by atoms with Gasteiger partial charge in [0.1, 0.15) is 0 Å². The van der Waals surface area contributed by atoms with Crippen LogP contribution >= 0.6 is 0 Å². The maximum Gasteiger partial charge on any atom is 0.295 e. The normalized spacial score (nSPS) is 11.3. The molecule has 0 amide bonds. The van der Waals surface area contributed by atoms with Gasteiger partial charge in [0.15, 0.2) is 0 Å². The van der Waals surface area contributed by atoms with E-state index in [0.717, 1.165) is 5.56 Å². The summed E-state index contributed by atoms with van der Waals surface area (Å²) >= 11 is 0. The van der Waals surface area contributed by atoms with Crippen LogP contribution in [-0.4, -0.2) is 24.9 Å². The molecule has 0 radical (unpaired) electrons. The van der Waals surface area contributed by atoms with E-state index >= 15 is 0 Å². The lowest BCUT2D eigenvalue weighted by Gasteiger charge is -2.02. The highest BCUT2D eigenvalue weighted by Crippen LogP contribution is 1.93. The Balaban J connectivity index is 2.85. The van der Waals surface area contributed by atoms with Gasteiger partial charge >= 0.3 is 0 Å². The van der Waals surface area contributed by atoms with E-state index in [0.29, 0.717) is 5.84 Å². The average Bonchev–Trinajstić information content (AvgIpc) is 2.05. The summed E-state index contributed by atoms with van der Waals surface area (Å²) in [6.07, 6.45) is 0. The lowest BCUT2D eigenvalue weighted by Crippen LogP contribution is -2.83. The molecule has 12 heavy (non-hydrogen) atoms. The van der Waals surface area contributed by atoms with Crippen LogP contribution in [0.4, 0.5) is 0 Å². The summed E-state index contributed by atoms with van der Waals surface area (Å²) in [6, 6.07) is 9.81. The highest BCUT2D eigenvalue weighted by molar-refractivity contribution is 5.92. The first-order valence-electron chi connectivity index (χ1n) is 3.82. The molecule has 0 aliphatic heterocycles. The second-order valence-electron chi connectivity index (χ2n) is 2.79. The molecule has 3 N–H and O–H groups in total. The number of nitrogens with one attached hydrogen (secondary N) is 1. The second-order valence-corrected chi connectivity index (χ2v) is 2.79. The highest BCUT2D eigenvalue weighted by atomic mass is 15.4. The van der Waals surface area contributed by atoms with Crippen molar-refractivity contribution >= 4 is 5.84 Å². The van der Waals surface area contributed by atoms with Gasteiger partial charge in [-0.05, 0) is 12.1 Å². The molecular weight excluding hydrogens is 150 g/mol. The van der Waals surface area contributed by atoms with Gasteiger partial charge < -0.3 is 0 Å². The molecule has 0 unspecified atom stereocenters. The topological polar surface area (TPSA) is 43.2 Å². The molecule has 0 saturated carbocycles. The zero-order valence-corrected chi connectivity index (χ0v) is 7.41. The number of hydrazine groups is 1. The van der Waals surface area contributed by atoms with Crippen LogP contribution in [-0.2, 0) is 0 Å². The zero-order valence-electron chi connectivity index (χ0n) is 7.41. The summed E-state index contributed by atoms with van der Waals surface area (Å²) in [5, 5.41) is 4.79. The van der Waals surface area contributed by atoms with E-state index in [4.69, 9.17) is 5.73 Å². The SMILES string of the molecule is CN(C)/[NH+]=C(\N)c1ccccc1. The Morgan fingerprint density at radius 3 is 2.33 bits per heavy atom. The Hall–Kier alpha value is -1.51. The number of amidine groups is 1. The Kier molecular flexibility index (Phi) is 2.69. The van der Waals surface area contributed by atoms with Crippen LogP contribution in [0.1, 0.15) is 5.56 Å². The van der Waals surface area contributed by atoms with Gasteiger partial charge in [-0.3, -0.25) is 10.7 Å². The van der Waals surface area contributed by atoms with Gasteiger partial charge in [-0.15, -0.1) is 0 Å². The summed E-state index contributed by atoms with van der Waals surface area (Å²) in [5.41, 5.74) is 6.77. The molecule has 0 bridgehead atoms. The van der Waals surface area contributed by atoms with Crippen LogP contribution in [0.15, 0.2) is 30.3 Å². The lowest BCUT2D eigenvalue weighted by atomic mass is 10.2. The minimum Gasteiger partial charge on any atom is -0.285 e. The van der Waals surface area contributed by atoms with Gasteiger partial charge in [-0.1, -0.05) is 18.2 Å². The van der Waals surface area contributed by atoms with Crippen LogP contribution in [0.25, 0.3) is 0 Å². The van der Waals surface area contributed by atoms with Crippen molar-refractivity contribution in [2.24, 2.45) is 5.73 Å². The molecule has 1 rings (SSSR count). The standard InChI is InChI=1S/C9H13N3/c1-12(2)11-9(10)8-6-4-3-5-7-8/h3-7H,1-2H3,(H2,10,11)/p+1. The quantitative estimate of drug-likeness (QED) is 0.333. The molecule has 1 aromatic rings. The molecule has 0 fully saturated rings. The lowest BCUT2D eigenvalue weighted by molar-refractivity contribution is -0.631. The number of rotatable bonds is 2. The first kappa shape index (κ1) is 8.59. The summed E-state index contributed by atoms with van der Waals surface area (Å²) in [7, 11) is 3.80. The molecule has 1 aromatic carbocycles. The van der Waals surface area contributed by atoms with Crippen molar-refractivity contribution in [2.75, 3.05) is 14.1 Å². The molecule has 0 aromatic heterocycles. The number of hydrogen-bond acceptors (Lipinski definition) is 1. The number of nitrogens with zero attached hydrogens (tertiary/aromatic N) is 1. The Bertz CT molecular complexity index is 264. The van der Waals surface area contributed by atoms with Crippen LogP contribution < -0.4 is 10.8 Å². The molecule has 0 spiro atoms. The fraction of sp³-hybridized carbons (Fsp3) is 0.222. The van der Waals surface area contributed by atoms with Gasteiger partial charge in [-0.25, -0.2) is 0 Å². The van der Waals surface area contributed by atoms with E-state index < -0.39 is 0 Å². The monoisotopic (exact) mass is 164 g/mol. The Morgan fingerprint density at radius 1 is 1.25 bits per heavy atom. The van der Waals surface area contributed by atoms with Crippen LogP contribution in [0, 0.1) is 0 Å². The fourth-order valence-corrected chi connectivity index (χ4v) is 0.923. The first-order chi connectivity index (χ1) is 5.70. The fourth-order valence-electron chi connectivity index (χ4n) is 0.923. The van der Waals surface area contributed by atoms with Crippen molar-refractivity contribution in [3.8, 4) is 0 Å². The molecule has 0 heterocycles. The predicted octanol–water partition coefficient (Wildman–Crippen LogP) is -1.05. The third-order valence-corrected chi connectivity index (χ3v) is 1.43. The zero-order chi connectivity index (χ0) is 8.97. The van der Waals surface area contributed by atoms with E-state index in [1.807, 2.05) is 49.4 Å². The Labute approximate surface area is 72.5 Å². The third kappa shape index (κ3) is 2.27. The van der Waals surface area contributed by atoms with Gasteiger partial charge in [0.05, 0.1) is 5.56 Å². The predicted molar refractivity (Wildman–Crippen MR) is 49.4 cm³/mol. The smallest absolute Gasteiger partial charge is 0.285 e. The third-order valence-electron chi connectivity index (χ3n) is 1.43. The van der Waals surface area contributed by atoms with Crippen LogP contribution in [0.2, 0.25) is 0 Å². The van der Waals surface area contributed by atoms with Crippen molar-refractivity contribution in [2.45, 2.75) is 0 Å². The van der Waals surface area contributed by atoms with E-state index in [-0.39, 0.29) is 0 Å². The van der Waals surface area contributed by atoms with E-state index in [2.05, 4.69) is 5.10 Å². The maximum atomic E-state index is 5.76. The first-order valence-corrected chi connectivity index (χ1v) is 3.82. The van der Waals surface area contributed by atoms with Gasteiger partial charge in [0.25, 0.3) is 5.84 Å². The second kappa shape index (κ2) is 3.76. The molecule has 3 heteroatoms. The van der Waals surface area contributed by atoms with Crippen molar-refractivity contribution in [1.29, 1.82) is 0 Å². The number of nitrogen functional groups attached to an aromatic ring is 1. The molecule has 0 saturated heterocycles. The minimum absolute atomic E-state index is 0.667. The summed E-state index contributed by atoms with van der Waals surface area (Å²) < 4.78 is 0. The van der Waals surface area contributed by atoms with E-state index in [1.165, 1.54) is 0 Å². The average molecular weight is 164 g/mol. The van der Waals surface area contributed by atoms with Crippen LogP contribution in [0.5, 0.6) is 0 Å². The maximum absolute atomic E-state index is 5.76. The summed E-state index contributed by atoms with van der Waals surface area (Å²) in [5.74, 6) is 0.667. The van der Waals surface area contributed by atoms with Gasteiger partial charge in [-0.2, -0.15) is 5.10 Å². The molecule has 0 atom stereocenters. The van der Waals surface area contributed by atoms with E-state index in [9.17, 15) is 0 Å². The number of benzene rings is 1. The van der Waals surface area contributed by atoms with Gasteiger partial charge in [0.2, 0.25) is 0 Å². The van der Waals surface area contributed by atoms with E-state index in [1.54, 1.807) is 0 Å². The molecular formula is C9H14N3+. The molecule has 0 aliphatic carbocycles. The Morgan fingerprint density at radius 2 is 1.83 bits per heavy atom. The number of hydrogen-bond donors (Lipinski definition) is 2. The summed E-state index contributed by atoms with van der Waals surface area (Å²) in [4.78, 5) is 0. The van der Waals surface area contributed by atoms with Crippen molar-refractivity contribution in [3.05, 3.63) is 35.9 Å². The molecule has 64 valence electrons. The van der Waals surface area contributed by atoms with Gasteiger partial charge in [0, 0.05) is 14.1 Å². The van der Waals surface area contributed by atoms with Crippen LogP contribution in [0.3, 0.4) is 0 Å². The van der Waals surface area contributed by atoms with Crippen molar-refractivity contribution in [3.63, 3.8) is 0 Å². The van der Waals surface area contributed by atoms with Crippen molar-refractivity contribution < 1.29 is 5.10 Å². The molecule has 0 aliphatic rings.